The van der Waals surface area contributed by atoms with E-state index in [2.05, 4.69) is 10.2 Å². The van der Waals surface area contributed by atoms with E-state index in [0.29, 0.717) is 0 Å². The quantitative estimate of drug-likeness (QED) is 0.784. The molecule has 0 aliphatic heterocycles. The Morgan fingerprint density at radius 1 is 1.38 bits per heavy atom. The van der Waals surface area contributed by atoms with Crippen molar-refractivity contribution in [1.29, 1.82) is 0 Å². The number of hydrogen-bond donors (Lipinski definition) is 1. The summed E-state index contributed by atoms with van der Waals surface area (Å²) in [6.45, 7) is 0. The van der Waals surface area contributed by atoms with Crippen molar-refractivity contribution < 1.29 is 4.74 Å². The van der Waals surface area contributed by atoms with Crippen LogP contribution in [0.15, 0.2) is 16.9 Å². The predicted octanol–water partition coefficient (Wildman–Crippen LogP) is 1.42. The highest BCUT2D eigenvalue weighted by Gasteiger charge is 2.18. The minimum atomic E-state index is -0.121. The van der Waals surface area contributed by atoms with Crippen LogP contribution in [0.1, 0.15) is 17.7 Å². The van der Waals surface area contributed by atoms with Crippen LogP contribution in [0.5, 0.6) is 5.75 Å². The van der Waals surface area contributed by atoms with Gasteiger partial charge in [-0.1, -0.05) is 0 Å². The lowest BCUT2D eigenvalue weighted by molar-refractivity contribution is 0.409. The number of rotatable bonds is 1. The molecule has 1 N–H and O–H groups in total. The second-order valence-electron chi connectivity index (χ2n) is 4.02. The normalized spacial score (nSPS) is 14.1. The van der Waals surface area contributed by atoms with Crippen LogP contribution in [-0.4, -0.2) is 17.3 Å². The summed E-state index contributed by atoms with van der Waals surface area (Å²) < 4.78 is 5.33. The van der Waals surface area contributed by atoms with Crippen molar-refractivity contribution in [3.8, 4) is 5.75 Å². The van der Waals surface area contributed by atoms with E-state index in [1.807, 2.05) is 12.1 Å². The van der Waals surface area contributed by atoms with Gasteiger partial charge in [-0.05, 0) is 31.4 Å². The summed E-state index contributed by atoms with van der Waals surface area (Å²) in [5, 5.41) is 8.38. The van der Waals surface area contributed by atoms with Crippen molar-refractivity contribution in [2.45, 2.75) is 19.3 Å². The zero-order valence-corrected chi connectivity index (χ0v) is 9.04. The second kappa shape index (κ2) is 3.33. The van der Waals surface area contributed by atoms with Gasteiger partial charge in [0.15, 0.2) is 0 Å². The monoisotopic (exact) mass is 216 g/mol. The van der Waals surface area contributed by atoms with Gasteiger partial charge in [-0.15, -0.1) is 0 Å². The fourth-order valence-corrected chi connectivity index (χ4v) is 2.43. The van der Waals surface area contributed by atoms with Crippen LogP contribution in [-0.2, 0) is 12.8 Å². The maximum atomic E-state index is 11.7. The number of hydrogen-bond acceptors (Lipinski definition) is 3. The van der Waals surface area contributed by atoms with Crippen LogP contribution in [0.4, 0.5) is 0 Å². The molecule has 2 aromatic rings. The molecule has 3 rings (SSSR count). The van der Waals surface area contributed by atoms with Gasteiger partial charge in [-0.3, -0.25) is 4.79 Å². The molecule has 0 spiro atoms. The van der Waals surface area contributed by atoms with Crippen molar-refractivity contribution in [1.82, 2.24) is 10.2 Å². The molecular formula is C12H12N2O2. The number of methoxy groups -OCH3 is 1. The molecule has 1 aliphatic carbocycles. The van der Waals surface area contributed by atoms with E-state index in [1.165, 1.54) is 0 Å². The number of nitrogens with zero attached hydrogens (tertiary/aromatic N) is 1. The average Bonchev–Trinajstić information content (AvgIpc) is 2.34. The molecule has 4 nitrogen and oxygen atoms in total. The third-order valence-electron chi connectivity index (χ3n) is 3.16. The average molecular weight is 216 g/mol. The molecule has 82 valence electrons. The number of aromatic nitrogens is 2. The number of aromatic amines is 1. The largest absolute Gasteiger partial charge is 0.496 e. The predicted molar refractivity (Wildman–Crippen MR) is 60.9 cm³/mol. The first-order chi connectivity index (χ1) is 7.81. The number of nitrogens with one attached hydrogen (secondary N) is 1. The van der Waals surface area contributed by atoms with Gasteiger partial charge in [-0.2, -0.15) is 5.10 Å². The van der Waals surface area contributed by atoms with Crippen molar-refractivity contribution in [3.05, 3.63) is 33.7 Å². The van der Waals surface area contributed by atoms with Gasteiger partial charge in [0.25, 0.3) is 5.56 Å². The minimum Gasteiger partial charge on any atom is -0.496 e. The Bertz CT molecular complexity index is 616. The minimum absolute atomic E-state index is 0.121. The number of aryl methyl sites for hydroxylation is 2. The topological polar surface area (TPSA) is 55.0 Å². The Kier molecular flexibility index (Phi) is 1.96. The third-order valence-corrected chi connectivity index (χ3v) is 3.16. The summed E-state index contributed by atoms with van der Waals surface area (Å²) in [7, 11) is 1.66. The molecule has 0 amide bonds. The molecule has 16 heavy (non-hydrogen) atoms. The molecule has 1 aromatic carbocycles. The first-order valence-corrected chi connectivity index (χ1v) is 5.38. The van der Waals surface area contributed by atoms with Gasteiger partial charge in [0.1, 0.15) is 5.75 Å². The summed E-state index contributed by atoms with van der Waals surface area (Å²) in [6, 6.07) is 3.68. The van der Waals surface area contributed by atoms with Gasteiger partial charge in [-0.25, -0.2) is 5.10 Å². The molecule has 0 bridgehead atoms. The molecule has 0 atom stereocenters. The summed E-state index contributed by atoms with van der Waals surface area (Å²) in [4.78, 5) is 11.7. The third kappa shape index (κ3) is 1.16. The smallest absolute Gasteiger partial charge is 0.272 e. The fraction of sp³-hybridized carbons (Fsp3) is 0.333. The Hall–Kier alpha value is -1.84. The van der Waals surface area contributed by atoms with E-state index in [-0.39, 0.29) is 5.56 Å². The van der Waals surface area contributed by atoms with E-state index in [9.17, 15) is 4.79 Å². The van der Waals surface area contributed by atoms with Crippen LogP contribution in [0, 0.1) is 0 Å². The lowest BCUT2D eigenvalue weighted by atomic mass is 9.92. The maximum Gasteiger partial charge on any atom is 0.272 e. The number of benzene rings is 1. The van der Waals surface area contributed by atoms with E-state index in [0.717, 1.165) is 47.0 Å². The Morgan fingerprint density at radius 3 is 3.06 bits per heavy atom. The Labute approximate surface area is 92.2 Å². The lowest BCUT2D eigenvalue weighted by Crippen LogP contribution is -2.15. The fourth-order valence-electron chi connectivity index (χ4n) is 2.43. The van der Waals surface area contributed by atoms with E-state index >= 15 is 0 Å². The molecule has 0 radical (unpaired) electrons. The van der Waals surface area contributed by atoms with Crippen LogP contribution < -0.4 is 10.3 Å². The van der Waals surface area contributed by atoms with Gasteiger partial charge in [0, 0.05) is 10.9 Å². The molecule has 4 heteroatoms. The van der Waals surface area contributed by atoms with E-state index in [4.69, 9.17) is 4.74 Å². The molecule has 1 aromatic heterocycles. The molecule has 0 unspecified atom stereocenters. The van der Waals surface area contributed by atoms with Gasteiger partial charge < -0.3 is 4.74 Å². The molecule has 1 aliphatic rings. The molecule has 1 heterocycles. The summed E-state index contributed by atoms with van der Waals surface area (Å²) in [5.41, 5.74) is 1.99. The van der Waals surface area contributed by atoms with Crippen LogP contribution in [0.3, 0.4) is 0 Å². The first kappa shape index (κ1) is 9.39. The van der Waals surface area contributed by atoms with Gasteiger partial charge in [0.05, 0.1) is 18.2 Å². The summed E-state index contributed by atoms with van der Waals surface area (Å²) >= 11 is 0. The molecule has 0 saturated heterocycles. The van der Waals surface area contributed by atoms with Crippen molar-refractivity contribution in [2.24, 2.45) is 0 Å². The van der Waals surface area contributed by atoms with E-state index in [1.54, 1.807) is 7.11 Å². The van der Waals surface area contributed by atoms with E-state index < -0.39 is 0 Å². The first-order valence-electron chi connectivity index (χ1n) is 5.38. The highest BCUT2D eigenvalue weighted by atomic mass is 16.5. The maximum absolute atomic E-state index is 11.7. The van der Waals surface area contributed by atoms with Crippen molar-refractivity contribution >= 4 is 10.8 Å². The van der Waals surface area contributed by atoms with Crippen LogP contribution in [0.2, 0.25) is 0 Å². The highest BCUT2D eigenvalue weighted by molar-refractivity contribution is 5.89. The standard InChI is InChI=1S/C12H12N2O2/c1-16-10-6-5-8-11-7(10)3-2-4-9(11)13-14-12(8)15/h5-6H,2-4H2,1H3,(H,14,15). The highest BCUT2D eigenvalue weighted by Crippen LogP contribution is 2.32. The molecule has 0 fully saturated rings. The summed E-state index contributed by atoms with van der Waals surface area (Å²) in [6.07, 6.45) is 2.94. The van der Waals surface area contributed by atoms with Gasteiger partial charge >= 0.3 is 0 Å². The van der Waals surface area contributed by atoms with Crippen LogP contribution >= 0.6 is 0 Å². The lowest BCUT2D eigenvalue weighted by Gasteiger charge is -2.17. The number of ether oxygens (including phenoxy) is 1. The molecular weight excluding hydrogens is 204 g/mol. The second-order valence-corrected chi connectivity index (χ2v) is 4.02. The SMILES string of the molecule is COc1ccc2c(=O)[nH]nc3c2c1CCC3. The molecule has 0 saturated carbocycles. The Balaban J connectivity index is 2.50. The number of H-pyrrole nitrogens is 1. The Morgan fingerprint density at radius 2 is 2.25 bits per heavy atom. The van der Waals surface area contributed by atoms with Crippen molar-refractivity contribution in [3.63, 3.8) is 0 Å². The van der Waals surface area contributed by atoms with Gasteiger partial charge in [0.2, 0.25) is 0 Å². The summed E-state index contributed by atoms with van der Waals surface area (Å²) in [5.74, 6) is 0.862. The zero-order chi connectivity index (χ0) is 11.1. The van der Waals surface area contributed by atoms with Crippen molar-refractivity contribution in [2.75, 3.05) is 7.11 Å². The van der Waals surface area contributed by atoms with Crippen LogP contribution in [0.25, 0.3) is 10.8 Å². The zero-order valence-electron chi connectivity index (χ0n) is 9.04.